The molecule has 91 heavy (non-hydrogen) atoms. The Labute approximate surface area is 556 Å². The Kier molecular flexibility index (Phi) is 60.3. The topological polar surface area (TPSA) is 237 Å². The van der Waals surface area contributed by atoms with Crippen LogP contribution in [0.5, 0.6) is 0 Å². The third-order valence-corrected chi connectivity index (χ3v) is 19.6. The smallest absolute Gasteiger partial charge is 0.462 e. The van der Waals surface area contributed by atoms with E-state index < -0.39 is 97.5 Å². The molecule has 0 aromatic carbocycles. The summed E-state index contributed by atoms with van der Waals surface area (Å²) in [6, 6.07) is 0. The normalized spacial score (nSPS) is 15.1. The minimum absolute atomic E-state index is 0.105. The molecule has 0 rings (SSSR count). The molecule has 17 nitrogen and oxygen atoms in total. The standard InChI is InChI=1S/C72H140O17P2/c1-9-63(6)49-41-33-25-21-18-19-23-27-39-47-55-72(77)89-68(59-83-70(75)53-45-37-31-29-35-43-51-65(8)11-3)61-87-91(80,81)85-57-66(73)56-84-90(78,79)86-60-67(58-82-69(74)52-44-36-30-28-34-42-50-64(7)10-2)88-71(76)54-46-38-26-22-17-15-13-12-14-16-20-24-32-40-48-62(4)5/h62-68,73H,9-61H2,1-8H3,(H,78,79)(H,80,81)/t63?,64?,65?,66-,67-,68-/m1/s1. The molecule has 19 heteroatoms. The lowest BCUT2D eigenvalue weighted by atomic mass is 9.99. The lowest BCUT2D eigenvalue weighted by Gasteiger charge is -2.21. The molecule has 0 spiro atoms. The summed E-state index contributed by atoms with van der Waals surface area (Å²) in [6.45, 7) is 14.1. The number of carbonyl (C=O) groups excluding carboxylic acids is 4. The van der Waals surface area contributed by atoms with Crippen LogP contribution in [0.15, 0.2) is 0 Å². The van der Waals surface area contributed by atoms with Crippen LogP contribution in [0.2, 0.25) is 0 Å². The highest BCUT2D eigenvalue weighted by Crippen LogP contribution is 2.45. The second-order valence-corrected chi connectivity index (χ2v) is 30.1. The van der Waals surface area contributed by atoms with Gasteiger partial charge in [0.2, 0.25) is 0 Å². The van der Waals surface area contributed by atoms with E-state index in [2.05, 4.69) is 55.4 Å². The van der Waals surface area contributed by atoms with Crippen molar-refractivity contribution in [1.29, 1.82) is 0 Å². The number of phosphoric acid groups is 2. The molecule has 0 fully saturated rings. The van der Waals surface area contributed by atoms with Gasteiger partial charge >= 0.3 is 39.5 Å². The second kappa shape index (κ2) is 61.6. The molecule has 0 radical (unpaired) electrons. The first-order valence-electron chi connectivity index (χ1n) is 37.3. The maximum Gasteiger partial charge on any atom is 0.472 e. The average molecular weight is 1340 g/mol. The molecule has 0 aliphatic carbocycles. The van der Waals surface area contributed by atoms with Crippen LogP contribution in [0.1, 0.15) is 357 Å². The molecule has 0 aromatic heterocycles. The molecule has 0 aliphatic heterocycles. The van der Waals surface area contributed by atoms with Gasteiger partial charge in [0.1, 0.15) is 19.3 Å². The highest BCUT2D eigenvalue weighted by molar-refractivity contribution is 7.47. The highest BCUT2D eigenvalue weighted by Gasteiger charge is 2.30. The van der Waals surface area contributed by atoms with Crippen LogP contribution >= 0.6 is 15.6 Å². The molecule has 5 unspecified atom stereocenters. The van der Waals surface area contributed by atoms with Crippen LogP contribution in [0.4, 0.5) is 0 Å². The SMILES string of the molecule is CCC(C)CCCCCCCCCCCCC(=O)O[C@H](COC(=O)CCCCCCCCC(C)CC)COP(=O)(O)OC[C@H](O)COP(=O)(O)OC[C@@H](COC(=O)CCCCCCCCC(C)CC)OC(=O)CCCCCCCCCCCCCCCCC(C)C. The first kappa shape index (κ1) is 89.1. The fraction of sp³-hybridized carbons (Fsp3) is 0.944. The van der Waals surface area contributed by atoms with Crippen LogP contribution in [0, 0.1) is 23.7 Å². The number of aliphatic hydroxyl groups excluding tert-OH is 1. The van der Waals surface area contributed by atoms with E-state index in [1.54, 1.807) is 0 Å². The summed E-state index contributed by atoms with van der Waals surface area (Å²) in [4.78, 5) is 72.6. The summed E-state index contributed by atoms with van der Waals surface area (Å²) in [5, 5.41) is 10.6. The summed E-state index contributed by atoms with van der Waals surface area (Å²) in [5.74, 6) is 0.931. The Morgan fingerprint density at radius 2 is 0.527 bits per heavy atom. The van der Waals surface area contributed by atoms with Crippen molar-refractivity contribution in [3.05, 3.63) is 0 Å². The molecule has 0 amide bonds. The van der Waals surface area contributed by atoms with Crippen LogP contribution in [-0.2, 0) is 65.4 Å². The first-order valence-corrected chi connectivity index (χ1v) is 40.3. The van der Waals surface area contributed by atoms with E-state index >= 15 is 0 Å². The van der Waals surface area contributed by atoms with E-state index in [4.69, 9.17) is 37.0 Å². The third-order valence-electron chi connectivity index (χ3n) is 17.7. The van der Waals surface area contributed by atoms with Crippen LogP contribution in [0.3, 0.4) is 0 Å². The third kappa shape index (κ3) is 62.6. The number of hydrogen-bond acceptors (Lipinski definition) is 15. The monoisotopic (exact) mass is 1340 g/mol. The first-order chi connectivity index (χ1) is 43.7. The molecule has 8 atom stereocenters. The Bertz CT molecular complexity index is 1800. The van der Waals surface area contributed by atoms with E-state index in [-0.39, 0.29) is 25.7 Å². The van der Waals surface area contributed by atoms with Gasteiger partial charge in [-0.15, -0.1) is 0 Å². The van der Waals surface area contributed by atoms with Gasteiger partial charge < -0.3 is 33.8 Å². The minimum Gasteiger partial charge on any atom is -0.462 e. The lowest BCUT2D eigenvalue weighted by molar-refractivity contribution is -0.161. The molecule has 540 valence electrons. The molecule has 0 aromatic rings. The number of rotatable bonds is 69. The van der Waals surface area contributed by atoms with Gasteiger partial charge in [-0.25, -0.2) is 9.13 Å². The van der Waals surface area contributed by atoms with E-state index in [0.717, 1.165) is 126 Å². The Balaban J connectivity index is 5.25. The molecule has 0 aliphatic rings. The van der Waals surface area contributed by atoms with Gasteiger partial charge in [-0.1, -0.05) is 306 Å². The Morgan fingerprint density at radius 3 is 0.780 bits per heavy atom. The zero-order valence-electron chi connectivity index (χ0n) is 59.5. The van der Waals surface area contributed by atoms with E-state index in [1.807, 2.05) is 0 Å². The van der Waals surface area contributed by atoms with Crippen LogP contribution < -0.4 is 0 Å². The molecule has 0 bridgehead atoms. The lowest BCUT2D eigenvalue weighted by Crippen LogP contribution is -2.30. The summed E-state index contributed by atoms with van der Waals surface area (Å²) < 4.78 is 68.4. The van der Waals surface area contributed by atoms with Gasteiger partial charge in [-0.05, 0) is 49.4 Å². The van der Waals surface area contributed by atoms with Crippen molar-refractivity contribution < 1.29 is 80.2 Å². The molecule has 0 saturated heterocycles. The second-order valence-electron chi connectivity index (χ2n) is 27.2. The average Bonchev–Trinajstić information content (AvgIpc) is 3.12. The van der Waals surface area contributed by atoms with Crippen molar-refractivity contribution >= 4 is 39.5 Å². The molecular formula is C72H140O17P2. The summed E-state index contributed by atoms with van der Waals surface area (Å²) in [5.41, 5.74) is 0. The van der Waals surface area contributed by atoms with E-state index in [9.17, 15) is 43.2 Å². The zero-order chi connectivity index (χ0) is 67.5. The van der Waals surface area contributed by atoms with E-state index in [1.165, 1.54) is 148 Å². The number of esters is 4. The maximum absolute atomic E-state index is 13.0. The zero-order valence-corrected chi connectivity index (χ0v) is 61.3. The summed E-state index contributed by atoms with van der Waals surface area (Å²) >= 11 is 0. The number of carbonyl (C=O) groups is 4. The summed E-state index contributed by atoms with van der Waals surface area (Å²) in [6.07, 6.45) is 44.4. The predicted octanol–water partition coefficient (Wildman–Crippen LogP) is 20.5. The van der Waals surface area contributed by atoms with Crippen molar-refractivity contribution in [2.45, 2.75) is 375 Å². The van der Waals surface area contributed by atoms with Gasteiger partial charge in [-0.2, -0.15) is 0 Å². The van der Waals surface area contributed by atoms with Crippen LogP contribution in [0.25, 0.3) is 0 Å². The minimum atomic E-state index is -4.95. The number of hydrogen-bond donors (Lipinski definition) is 3. The highest BCUT2D eigenvalue weighted by atomic mass is 31.2. The number of ether oxygens (including phenoxy) is 4. The van der Waals surface area contributed by atoms with Gasteiger partial charge in [0.15, 0.2) is 12.2 Å². The van der Waals surface area contributed by atoms with Crippen molar-refractivity contribution in [3.63, 3.8) is 0 Å². The number of unbranched alkanes of at least 4 members (excludes halogenated alkanes) is 32. The van der Waals surface area contributed by atoms with Crippen molar-refractivity contribution in [2.75, 3.05) is 39.6 Å². The fourth-order valence-electron chi connectivity index (χ4n) is 10.7. The number of phosphoric ester groups is 2. The molecular weight excluding hydrogens is 1200 g/mol. The van der Waals surface area contributed by atoms with E-state index in [0.29, 0.717) is 25.7 Å². The molecule has 3 N–H and O–H groups in total. The quantitative estimate of drug-likeness (QED) is 0.0222. The van der Waals surface area contributed by atoms with Gasteiger partial charge in [-0.3, -0.25) is 37.3 Å². The Hall–Kier alpha value is -1.94. The van der Waals surface area contributed by atoms with Gasteiger partial charge in [0, 0.05) is 25.7 Å². The van der Waals surface area contributed by atoms with Gasteiger partial charge in [0.25, 0.3) is 0 Å². The largest absolute Gasteiger partial charge is 0.472 e. The van der Waals surface area contributed by atoms with Crippen molar-refractivity contribution in [3.8, 4) is 0 Å². The van der Waals surface area contributed by atoms with Crippen LogP contribution in [-0.4, -0.2) is 96.7 Å². The maximum atomic E-state index is 13.0. The van der Waals surface area contributed by atoms with Crippen molar-refractivity contribution in [2.24, 2.45) is 23.7 Å². The van der Waals surface area contributed by atoms with Crippen molar-refractivity contribution in [1.82, 2.24) is 0 Å². The molecule has 0 saturated carbocycles. The Morgan fingerprint density at radius 1 is 0.308 bits per heavy atom. The van der Waals surface area contributed by atoms with Gasteiger partial charge in [0.05, 0.1) is 26.4 Å². The predicted molar refractivity (Wildman–Crippen MR) is 367 cm³/mol. The fourth-order valence-corrected chi connectivity index (χ4v) is 12.3. The number of aliphatic hydroxyl groups is 1. The summed E-state index contributed by atoms with van der Waals surface area (Å²) in [7, 11) is -9.91. The molecule has 0 heterocycles.